The van der Waals surface area contributed by atoms with Crippen LogP contribution >= 0.6 is 0 Å². The van der Waals surface area contributed by atoms with Crippen LogP contribution in [0.15, 0.2) is 36.5 Å². The van der Waals surface area contributed by atoms with E-state index in [0.29, 0.717) is 0 Å². The molecule has 2 heterocycles. The molecule has 4 rings (SSSR count). The van der Waals surface area contributed by atoms with E-state index in [4.69, 9.17) is 4.74 Å². The molecule has 1 amide bonds. The molecule has 0 spiro atoms. The predicted molar refractivity (Wildman–Crippen MR) is 100 cm³/mol. The van der Waals surface area contributed by atoms with Crippen LogP contribution in [-0.2, 0) is 23.2 Å². The van der Waals surface area contributed by atoms with Crippen molar-refractivity contribution in [2.75, 3.05) is 13.7 Å². The number of carbonyl (C=O) groups excluding carboxylic acids is 1. The third kappa shape index (κ3) is 3.22. The van der Waals surface area contributed by atoms with E-state index in [-0.39, 0.29) is 17.2 Å². The van der Waals surface area contributed by atoms with Gasteiger partial charge in [-0.3, -0.25) is 9.48 Å². The van der Waals surface area contributed by atoms with E-state index in [1.165, 1.54) is 24.1 Å². The van der Waals surface area contributed by atoms with Gasteiger partial charge in [-0.15, -0.1) is 0 Å². The maximum atomic E-state index is 12.8. The molecule has 0 saturated heterocycles. The van der Waals surface area contributed by atoms with E-state index in [1.807, 2.05) is 29.1 Å². The highest BCUT2D eigenvalue weighted by atomic mass is 16.5. The van der Waals surface area contributed by atoms with Gasteiger partial charge >= 0.3 is 0 Å². The number of hydrogen-bond acceptors (Lipinski definition) is 3. The van der Waals surface area contributed by atoms with Crippen molar-refractivity contribution in [3.05, 3.63) is 47.8 Å². The number of ether oxygens (including phenoxy) is 1. The lowest BCUT2D eigenvalue weighted by molar-refractivity contribution is -0.125. The van der Waals surface area contributed by atoms with Crippen LogP contribution < -0.4 is 10.1 Å². The molecule has 1 N–H and O–H groups in total. The lowest BCUT2D eigenvalue weighted by Gasteiger charge is -2.31. The third-order valence-electron chi connectivity index (χ3n) is 6.18. The van der Waals surface area contributed by atoms with Crippen LogP contribution in [0.25, 0.3) is 0 Å². The molecule has 2 aromatic rings. The SMILES string of the molecule is COc1ccc(C2(CNC(=O)C3CCn4nccc4C3)CCCC2)cc1. The highest BCUT2D eigenvalue weighted by Gasteiger charge is 2.36. The predicted octanol–water partition coefficient (Wildman–Crippen LogP) is 3.08. The summed E-state index contributed by atoms with van der Waals surface area (Å²) in [6, 6.07) is 10.4. The molecule has 1 saturated carbocycles. The van der Waals surface area contributed by atoms with Gasteiger partial charge < -0.3 is 10.1 Å². The van der Waals surface area contributed by atoms with Crippen LogP contribution in [0.2, 0.25) is 0 Å². The summed E-state index contributed by atoms with van der Waals surface area (Å²) in [5, 5.41) is 7.58. The number of nitrogens with one attached hydrogen (secondary N) is 1. The van der Waals surface area contributed by atoms with Gasteiger partial charge in [-0.2, -0.15) is 5.10 Å². The van der Waals surface area contributed by atoms with E-state index in [9.17, 15) is 4.79 Å². The summed E-state index contributed by atoms with van der Waals surface area (Å²) in [6.45, 7) is 1.57. The minimum atomic E-state index is 0.0634. The van der Waals surface area contributed by atoms with Crippen LogP contribution in [0.5, 0.6) is 5.75 Å². The summed E-state index contributed by atoms with van der Waals surface area (Å²) in [6.07, 6.45) is 8.22. The average Bonchev–Trinajstić information content (AvgIpc) is 3.35. The van der Waals surface area contributed by atoms with Crippen LogP contribution in [0.3, 0.4) is 0 Å². The molecule has 1 unspecified atom stereocenters. The summed E-state index contributed by atoms with van der Waals surface area (Å²) in [5.41, 5.74) is 2.55. The molecule has 5 heteroatoms. The van der Waals surface area contributed by atoms with Crippen molar-refractivity contribution in [2.24, 2.45) is 5.92 Å². The Morgan fingerprint density at radius 2 is 2.04 bits per heavy atom. The van der Waals surface area contributed by atoms with Gasteiger partial charge in [-0.1, -0.05) is 25.0 Å². The molecule has 1 atom stereocenters. The molecule has 0 radical (unpaired) electrons. The van der Waals surface area contributed by atoms with Gasteiger partial charge in [0.15, 0.2) is 0 Å². The zero-order valence-corrected chi connectivity index (χ0v) is 15.4. The van der Waals surface area contributed by atoms with E-state index in [1.54, 1.807) is 7.11 Å². The number of aromatic nitrogens is 2. The molecule has 138 valence electrons. The highest BCUT2D eigenvalue weighted by Crippen LogP contribution is 2.41. The fraction of sp³-hybridized carbons (Fsp3) is 0.524. The number of nitrogens with zero attached hydrogens (tertiary/aromatic N) is 2. The quantitative estimate of drug-likeness (QED) is 0.899. The molecule has 0 bridgehead atoms. The number of carbonyl (C=O) groups is 1. The summed E-state index contributed by atoms with van der Waals surface area (Å²) >= 11 is 0. The Balaban J connectivity index is 1.43. The second kappa shape index (κ2) is 7.14. The number of rotatable bonds is 5. The van der Waals surface area contributed by atoms with Crippen LogP contribution in [-0.4, -0.2) is 29.3 Å². The Kier molecular flexibility index (Phi) is 4.70. The second-order valence-electron chi connectivity index (χ2n) is 7.67. The van der Waals surface area contributed by atoms with Crippen molar-refractivity contribution in [2.45, 2.75) is 50.5 Å². The highest BCUT2D eigenvalue weighted by molar-refractivity contribution is 5.79. The molecule has 1 aromatic heterocycles. The van der Waals surface area contributed by atoms with Gasteiger partial charge in [0.1, 0.15) is 5.75 Å². The van der Waals surface area contributed by atoms with Crippen molar-refractivity contribution in [1.82, 2.24) is 15.1 Å². The van der Waals surface area contributed by atoms with Gasteiger partial charge in [0.25, 0.3) is 0 Å². The first kappa shape index (κ1) is 17.1. The van der Waals surface area contributed by atoms with Gasteiger partial charge in [-0.05, 0) is 43.0 Å². The van der Waals surface area contributed by atoms with Crippen LogP contribution in [0, 0.1) is 5.92 Å². The Labute approximate surface area is 154 Å². The lowest BCUT2D eigenvalue weighted by atomic mass is 9.78. The molecule has 1 aliphatic heterocycles. The Bertz CT molecular complexity index is 760. The molecule has 1 fully saturated rings. The Morgan fingerprint density at radius 1 is 1.27 bits per heavy atom. The lowest BCUT2D eigenvalue weighted by Crippen LogP contribution is -2.43. The van der Waals surface area contributed by atoms with E-state index in [2.05, 4.69) is 22.5 Å². The van der Waals surface area contributed by atoms with Crippen molar-refractivity contribution in [3.8, 4) is 5.75 Å². The molecule has 26 heavy (non-hydrogen) atoms. The summed E-state index contributed by atoms with van der Waals surface area (Å²) < 4.78 is 7.30. The summed E-state index contributed by atoms with van der Waals surface area (Å²) in [4.78, 5) is 12.8. The summed E-state index contributed by atoms with van der Waals surface area (Å²) in [5.74, 6) is 1.13. The van der Waals surface area contributed by atoms with E-state index >= 15 is 0 Å². The number of hydrogen-bond donors (Lipinski definition) is 1. The minimum absolute atomic E-state index is 0.0634. The average molecular weight is 353 g/mol. The smallest absolute Gasteiger partial charge is 0.223 e. The van der Waals surface area contributed by atoms with Gasteiger partial charge in [0, 0.05) is 42.7 Å². The molecule has 2 aliphatic rings. The summed E-state index contributed by atoms with van der Waals surface area (Å²) in [7, 11) is 1.69. The van der Waals surface area contributed by atoms with Gasteiger partial charge in [0.05, 0.1) is 7.11 Å². The monoisotopic (exact) mass is 353 g/mol. The topological polar surface area (TPSA) is 56.1 Å². The first-order valence-corrected chi connectivity index (χ1v) is 9.63. The standard InChI is InChI=1S/C21H27N3O2/c1-26-19-6-4-17(5-7-19)21(10-2-3-11-21)15-22-20(25)16-9-13-24-18(14-16)8-12-23-24/h4-8,12,16H,2-3,9-11,13-15H2,1H3,(H,22,25). The van der Waals surface area contributed by atoms with Crippen molar-refractivity contribution >= 4 is 5.91 Å². The Hall–Kier alpha value is -2.30. The Morgan fingerprint density at radius 3 is 2.77 bits per heavy atom. The van der Waals surface area contributed by atoms with Crippen molar-refractivity contribution in [3.63, 3.8) is 0 Å². The first-order chi connectivity index (χ1) is 12.7. The largest absolute Gasteiger partial charge is 0.497 e. The maximum absolute atomic E-state index is 12.8. The van der Waals surface area contributed by atoms with Crippen molar-refractivity contribution < 1.29 is 9.53 Å². The zero-order valence-electron chi connectivity index (χ0n) is 15.4. The van der Waals surface area contributed by atoms with Gasteiger partial charge in [0.2, 0.25) is 5.91 Å². The van der Waals surface area contributed by atoms with E-state index < -0.39 is 0 Å². The maximum Gasteiger partial charge on any atom is 0.223 e. The third-order valence-corrected chi connectivity index (χ3v) is 6.18. The fourth-order valence-corrected chi connectivity index (χ4v) is 4.56. The number of methoxy groups -OCH3 is 1. The van der Waals surface area contributed by atoms with Crippen LogP contribution in [0.1, 0.15) is 43.4 Å². The zero-order chi connectivity index (χ0) is 18.0. The first-order valence-electron chi connectivity index (χ1n) is 9.63. The number of aryl methyl sites for hydroxylation is 1. The molecular weight excluding hydrogens is 326 g/mol. The molecule has 5 nitrogen and oxygen atoms in total. The normalized spacial score (nSPS) is 21.2. The molecular formula is C21H27N3O2. The van der Waals surface area contributed by atoms with E-state index in [0.717, 1.165) is 44.5 Å². The molecule has 1 aliphatic carbocycles. The molecule has 1 aromatic carbocycles. The van der Waals surface area contributed by atoms with Gasteiger partial charge in [-0.25, -0.2) is 0 Å². The fourth-order valence-electron chi connectivity index (χ4n) is 4.56. The second-order valence-corrected chi connectivity index (χ2v) is 7.67. The minimum Gasteiger partial charge on any atom is -0.497 e. The number of fused-ring (bicyclic) bond motifs is 1. The van der Waals surface area contributed by atoms with Crippen molar-refractivity contribution in [1.29, 1.82) is 0 Å². The number of amides is 1. The number of benzene rings is 1. The van der Waals surface area contributed by atoms with Crippen LogP contribution in [0.4, 0.5) is 0 Å².